The number of carbonyl (C=O) groups is 1. The minimum atomic E-state index is -1.40. The highest BCUT2D eigenvalue weighted by molar-refractivity contribution is 5.85. The smallest absolute Gasteiger partial charge is 0.252 e. The molecule has 0 saturated heterocycles. The number of methoxy groups -OCH3 is 2. The summed E-state index contributed by atoms with van der Waals surface area (Å²) < 4.78 is 10.6. The second kappa shape index (κ2) is 8.93. The molecule has 1 aliphatic carbocycles. The van der Waals surface area contributed by atoms with E-state index in [2.05, 4.69) is 12.2 Å². The van der Waals surface area contributed by atoms with Crippen molar-refractivity contribution in [2.75, 3.05) is 20.8 Å². The Morgan fingerprint density at radius 3 is 2.59 bits per heavy atom. The summed E-state index contributed by atoms with van der Waals surface area (Å²) in [5, 5.41) is 24.5. The van der Waals surface area contributed by atoms with Gasteiger partial charge in [0.25, 0.3) is 5.91 Å². The molecule has 6 nitrogen and oxygen atoms in total. The van der Waals surface area contributed by atoms with Crippen molar-refractivity contribution in [3.8, 4) is 11.5 Å². The lowest BCUT2D eigenvalue weighted by molar-refractivity contribution is -0.156. The molecule has 0 aliphatic heterocycles. The predicted molar refractivity (Wildman–Crippen MR) is 104 cm³/mol. The van der Waals surface area contributed by atoms with Gasteiger partial charge in [-0.3, -0.25) is 4.79 Å². The Labute approximate surface area is 161 Å². The topological polar surface area (TPSA) is 88.0 Å². The van der Waals surface area contributed by atoms with Gasteiger partial charge in [-0.05, 0) is 36.7 Å². The van der Waals surface area contributed by atoms with Gasteiger partial charge in [-0.1, -0.05) is 39.3 Å². The van der Waals surface area contributed by atoms with Gasteiger partial charge in [0.2, 0.25) is 0 Å². The van der Waals surface area contributed by atoms with Crippen LogP contribution >= 0.6 is 0 Å². The van der Waals surface area contributed by atoms with Crippen LogP contribution in [-0.2, 0) is 4.79 Å². The molecular weight excluding hydrogens is 346 g/mol. The normalized spacial score (nSPS) is 26.5. The zero-order valence-electron chi connectivity index (χ0n) is 17.0. The number of benzene rings is 1. The van der Waals surface area contributed by atoms with E-state index in [1.165, 1.54) is 14.2 Å². The van der Waals surface area contributed by atoms with Crippen LogP contribution in [0.4, 0.5) is 0 Å². The number of aliphatic hydroxyl groups excluding tert-OH is 1. The first-order chi connectivity index (χ1) is 12.7. The van der Waals surface area contributed by atoms with Gasteiger partial charge >= 0.3 is 0 Å². The number of amides is 1. The predicted octanol–water partition coefficient (Wildman–Crippen LogP) is 2.68. The molecule has 0 bridgehead atoms. The molecule has 1 saturated carbocycles. The van der Waals surface area contributed by atoms with Crippen molar-refractivity contribution in [2.24, 2.45) is 17.8 Å². The molecule has 1 amide bonds. The summed E-state index contributed by atoms with van der Waals surface area (Å²) in [5.41, 5.74) is -0.870. The van der Waals surface area contributed by atoms with Crippen LogP contribution in [-0.4, -0.2) is 42.5 Å². The van der Waals surface area contributed by atoms with Gasteiger partial charge in [0.15, 0.2) is 11.5 Å². The van der Waals surface area contributed by atoms with Crippen molar-refractivity contribution in [2.45, 2.75) is 51.7 Å². The van der Waals surface area contributed by atoms with Gasteiger partial charge in [0, 0.05) is 12.1 Å². The fourth-order valence-electron chi connectivity index (χ4n) is 4.26. The summed E-state index contributed by atoms with van der Waals surface area (Å²) in [4.78, 5) is 12.9. The number of para-hydroxylation sites is 1. The molecule has 3 N–H and O–H groups in total. The maximum absolute atomic E-state index is 12.9. The first kappa shape index (κ1) is 21.5. The summed E-state index contributed by atoms with van der Waals surface area (Å²) in [7, 11) is 3.04. The van der Waals surface area contributed by atoms with E-state index in [0.717, 1.165) is 12.8 Å². The fourth-order valence-corrected chi connectivity index (χ4v) is 4.26. The number of hydrogen-bond donors (Lipinski definition) is 3. The number of aliphatic hydroxyl groups is 2. The van der Waals surface area contributed by atoms with Crippen LogP contribution in [0.25, 0.3) is 0 Å². The number of ether oxygens (including phenoxy) is 2. The fraction of sp³-hybridized carbons (Fsp3) is 0.667. The maximum Gasteiger partial charge on any atom is 0.252 e. The Morgan fingerprint density at radius 1 is 1.30 bits per heavy atom. The van der Waals surface area contributed by atoms with Crippen molar-refractivity contribution >= 4 is 5.91 Å². The first-order valence-electron chi connectivity index (χ1n) is 9.64. The van der Waals surface area contributed by atoms with Crippen molar-refractivity contribution in [1.82, 2.24) is 5.32 Å². The number of nitrogens with one attached hydrogen (secondary N) is 1. The van der Waals surface area contributed by atoms with E-state index >= 15 is 0 Å². The Hall–Kier alpha value is -1.79. The molecule has 4 atom stereocenters. The number of hydrogen-bond acceptors (Lipinski definition) is 5. The molecule has 2 rings (SSSR count). The zero-order valence-corrected chi connectivity index (χ0v) is 17.0. The Kier molecular flexibility index (Phi) is 7.12. The van der Waals surface area contributed by atoms with Gasteiger partial charge < -0.3 is 25.0 Å². The standard InChI is InChI=1S/C21H33NO5/c1-13(2)16-10-9-14(3)11-21(16,25)20(24)22-12-17(23)15-7-6-8-18(26-4)19(15)27-5/h6-8,13-14,16-17,23,25H,9-12H2,1-5H3,(H,22,24)/t14-,16+,17?,21+/m1/s1. The molecule has 1 aliphatic rings. The highest BCUT2D eigenvalue weighted by Crippen LogP contribution is 2.41. The van der Waals surface area contributed by atoms with Gasteiger partial charge in [-0.15, -0.1) is 0 Å². The molecular formula is C21H33NO5. The monoisotopic (exact) mass is 379 g/mol. The largest absolute Gasteiger partial charge is 0.493 e. The zero-order chi connectivity index (χ0) is 20.2. The third kappa shape index (κ3) is 4.55. The lowest BCUT2D eigenvalue weighted by Gasteiger charge is -2.43. The molecule has 1 aromatic rings. The van der Waals surface area contributed by atoms with E-state index in [1.54, 1.807) is 18.2 Å². The minimum absolute atomic E-state index is 0.0101. The van der Waals surface area contributed by atoms with Crippen LogP contribution in [0.5, 0.6) is 11.5 Å². The van der Waals surface area contributed by atoms with E-state index in [9.17, 15) is 15.0 Å². The summed E-state index contributed by atoms with van der Waals surface area (Å²) in [6.07, 6.45) is 1.32. The van der Waals surface area contributed by atoms with Gasteiger partial charge in [0.1, 0.15) is 5.60 Å². The van der Waals surface area contributed by atoms with E-state index in [0.29, 0.717) is 29.4 Å². The highest BCUT2D eigenvalue weighted by Gasteiger charge is 2.48. The van der Waals surface area contributed by atoms with Crippen molar-refractivity contribution in [3.05, 3.63) is 23.8 Å². The second-order valence-corrected chi connectivity index (χ2v) is 7.97. The SMILES string of the molecule is COc1cccc(C(O)CNC(=O)[C@]2(O)C[C@H](C)CC[C@H]2C(C)C)c1OC. The molecule has 27 heavy (non-hydrogen) atoms. The van der Waals surface area contributed by atoms with Crippen LogP contribution in [0.1, 0.15) is 51.7 Å². The minimum Gasteiger partial charge on any atom is -0.493 e. The van der Waals surface area contributed by atoms with Gasteiger partial charge in [0.05, 0.1) is 20.3 Å². The average molecular weight is 379 g/mol. The lowest BCUT2D eigenvalue weighted by Crippen LogP contribution is -2.56. The summed E-state index contributed by atoms with van der Waals surface area (Å²) in [5.74, 6) is 0.952. The lowest BCUT2D eigenvalue weighted by atomic mass is 9.66. The van der Waals surface area contributed by atoms with Crippen molar-refractivity contribution < 1.29 is 24.5 Å². The Balaban J connectivity index is 2.12. The maximum atomic E-state index is 12.9. The quantitative estimate of drug-likeness (QED) is 0.678. The van der Waals surface area contributed by atoms with Crippen LogP contribution in [0.15, 0.2) is 18.2 Å². The van der Waals surface area contributed by atoms with E-state index < -0.39 is 17.6 Å². The summed E-state index contributed by atoms with van der Waals surface area (Å²) >= 11 is 0. The van der Waals surface area contributed by atoms with E-state index in [1.807, 2.05) is 13.8 Å². The second-order valence-electron chi connectivity index (χ2n) is 7.97. The van der Waals surface area contributed by atoms with Gasteiger partial charge in [-0.2, -0.15) is 0 Å². The van der Waals surface area contributed by atoms with Gasteiger partial charge in [-0.25, -0.2) is 0 Å². The van der Waals surface area contributed by atoms with Crippen molar-refractivity contribution in [3.63, 3.8) is 0 Å². The molecule has 1 fully saturated rings. The van der Waals surface area contributed by atoms with Crippen LogP contribution < -0.4 is 14.8 Å². The molecule has 6 heteroatoms. The first-order valence-corrected chi connectivity index (χ1v) is 9.64. The van der Waals surface area contributed by atoms with Crippen LogP contribution in [0.3, 0.4) is 0 Å². The van der Waals surface area contributed by atoms with E-state index in [4.69, 9.17) is 9.47 Å². The van der Waals surface area contributed by atoms with Crippen LogP contribution in [0.2, 0.25) is 0 Å². The Morgan fingerprint density at radius 2 is 2.00 bits per heavy atom. The molecule has 152 valence electrons. The third-order valence-corrected chi connectivity index (χ3v) is 5.69. The third-order valence-electron chi connectivity index (χ3n) is 5.69. The average Bonchev–Trinajstić information content (AvgIpc) is 2.64. The molecule has 0 radical (unpaired) electrons. The highest BCUT2D eigenvalue weighted by atomic mass is 16.5. The molecule has 0 spiro atoms. The van der Waals surface area contributed by atoms with E-state index in [-0.39, 0.29) is 18.4 Å². The van der Waals surface area contributed by atoms with Crippen LogP contribution in [0, 0.1) is 17.8 Å². The number of carbonyl (C=O) groups excluding carboxylic acids is 1. The molecule has 1 aromatic carbocycles. The van der Waals surface area contributed by atoms with Crippen molar-refractivity contribution in [1.29, 1.82) is 0 Å². The molecule has 1 unspecified atom stereocenters. The Bertz CT molecular complexity index is 647. The summed E-state index contributed by atoms with van der Waals surface area (Å²) in [6, 6.07) is 5.23. The number of rotatable bonds is 7. The summed E-state index contributed by atoms with van der Waals surface area (Å²) in [6.45, 7) is 6.12. The molecule has 0 aromatic heterocycles. The molecule has 0 heterocycles.